The van der Waals surface area contributed by atoms with Crippen LogP contribution in [-0.4, -0.2) is 40.4 Å². The standard InChI is InChI=1S/C10H15N5O2/c1-15-4-6(2-3-7(15)16)14-9-8(11)10(17)13-5-12-9/h5-6H,2-4,11H2,1H3,(H2,12,13,14,17). The van der Waals surface area contributed by atoms with E-state index in [-0.39, 0.29) is 23.2 Å². The molecule has 0 aromatic carbocycles. The SMILES string of the molecule is CN1CC(Nc2nc[nH]c(=O)c2N)CCC1=O. The first-order valence-corrected chi connectivity index (χ1v) is 5.41. The summed E-state index contributed by atoms with van der Waals surface area (Å²) in [5, 5.41) is 3.09. The average Bonchev–Trinajstić information content (AvgIpc) is 2.30. The van der Waals surface area contributed by atoms with Gasteiger partial charge in [-0.2, -0.15) is 0 Å². The summed E-state index contributed by atoms with van der Waals surface area (Å²) in [6.45, 7) is 0.590. The first kappa shape index (κ1) is 11.4. The Bertz CT molecular complexity index is 484. The van der Waals surface area contributed by atoms with Crippen molar-refractivity contribution in [1.82, 2.24) is 14.9 Å². The van der Waals surface area contributed by atoms with E-state index in [4.69, 9.17) is 5.73 Å². The normalized spacial score (nSPS) is 20.4. The molecule has 92 valence electrons. The van der Waals surface area contributed by atoms with E-state index in [0.29, 0.717) is 18.8 Å². The van der Waals surface area contributed by atoms with Crippen LogP contribution in [0.4, 0.5) is 11.5 Å². The monoisotopic (exact) mass is 237 g/mol. The average molecular weight is 237 g/mol. The highest BCUT2D eigenvalue weighted by Crippen LogP contribution is 2.16. The summed E-state index contributed by atoms with van der Waals surface area (Å²) >= 11 is 0. The number of hydrogen-bond donors (Lipinski definition) is 3. The van der Waals surface area contributed by atoms with Crippen LogP contribution in [0, 0.1) is 0 Å². The van der Waals surface area contributed by atoms with Gasteiger partial charge in [-0.1, -0.05) is 0 Å². The number of anilines is 2. The Morgan fingerprint density at radius 2 is 2.35 bits per heavy atom. The zero-order valence-electron chi connectivity index (χ0n) is 9.56. The summed E-state index contributed by atoms with van der Waals surface area (Å²) in [4.78, 5) is 30.6. The van der Waals surface area contributed by atoms with Gasteiger partial charge >= 0.3 is 0 Å². The molecule has 1 atom stereocenters. The van der Waals surface area contributed by atoms with Crippen molar-refractivity contribution >= 4 is 17.4 Å². The number of amides is 1. The molecule has 0 radical (unpaired) electrons. The highest BCUT2D eigenvalue weighted by Gasteiger charge is 2.23. The van der Waals surface area contributed by atoms with Crippen molar-refractivity contribution in [2.24, 2.45) is 0 Å². The van der Waals surface area contributed by atoms with Gasteiger partial charge in [0.05, 0.1) is 6.33 Å². The topological polar surface area (TPSA) is 104 Å². The van der Waals surface area contributed by atoms with Gasteiger partial charge in [0.1, 0.15) is 5.69 Å². The molecule has 1 saturated heterocycles. The van der Waals surface area contributed by atoms with Gasteiger partial charge in [-0.05, 0) is 6.42 Å². The van der Waals surface area contributed by atoms with Crippen molar-refractivity contribution < 1.29 is 4.79 Å². The van der Waals surface area contributed by atoms with Gasteiger partial charge in [0.25, 0.3) is 5.56 Å². The number of nitrogens with two attached hydrogens (primary N) is 1. The second-order valence-electron chi connectivity index (χ2n) is 4.15. The molecule has 2 rings (SSSR count). The Balaban J connectivity index is 2.09. The van der Waals surface area contributed by atoms with E-state index in [2.05, 4.69) is 15.3 Å². The third-order valence-electron chi connectivity index (χ3n) is 2.86. The number of nitrogens with one attached hydrogen (secondary N) is 2. The second kappa shape index (κ2) is 4.44. The number of aromatic amines is 1. The molecular formula is C10H15N5O2. The number of carbonyl (C=O) groups excluding carboxylic acids is 1. The molecular weight excluding hydrogens is 222 g/mol. The highest BCUT2D eigenvalue weighted by atomic mass is 16.2. The minimum atomic E-state index is -0.359. The fourth-order valence-corrected chi connectivity index (χ4v) is 1.85. The van der Waals surface area contributed by atoms with Gasteiger partial charge in [-0.25, -0.2) is 4.98 Å². The first-order chi connectivity index (χ1) is 8.08. The van der Waals surface area contributed by atoms with E-state index in [1.54, 1.807) is 11.9 Å². The minimum absolute atomic E-state index is 0.0760. The summed E-state index contributed by atoms with van der Waals surface area (Å²) < 4.78 is 0. The third-order valence-corrected chi connectivity index (χ3v) is 2.86. The molecule has 2 heterocycles. The minimum Gasteiger partial charge on any atom is -0.391 e. The molecule has 7 nitrogen and oxygen atoms in total. The van der Waals surface area contributed by atoms with E-state index in [1.807, 2.05) is 0 Å². The number of nitrogen functional groups attached to an aromatic ring is 1. The highest BCUT2D eigenvalue weighted by molar-refractivity contribution is 5.77. The largest absolute Gasteiger partial charge is 0.391 e. The number of rotatable bonds is 2. The lowest BCUT2D eigenvalue weighted by molar-refractivity contribution is -0.132. The summed E-state index contributed by atoms with van der Waals surface area (Å²) in [5.74, 6) is 0.511. The lowest BCUT2D eigenvalue weighted by atomic mass is 10.1. The van der Waals surface area contributed by atoms with E-state index >= 15 is 0 Å². The van der Waals surface area contributed by atoms with Crippen LogP contribution in [0.2, 0.25) is 0 Å². The van der Waals surface area contributed by atoms with Crippen LogP contribution in [0.5, 0.6) is 0 Å². The van der Waals surface area contributed by atoms with Crippen LogP contribution in [-0.2, 0) is 4.79 Å². The Labute approximate surface area is 98.0 Å². The number of carbonyl (C=O) groups is 1. The summed E-state index contributed by atoms with van der Waals surface area (Å²) in [6.07, 6.45) is 2.52. The van der Waals surface area contributed by atoms with Crippen molar-refractivity contribution in [3.05, 3.63) is 16.7 Å². The maximum atomic E-state index is 11.3. The molecule has 1 aliphatic heterocycles. The number of aromatic nitrogens is 2. The summed E-state index contributed by atoms with van der Waals surface area (Å²) in [6, 6.07) is 0.0781. The quantitative estimate of drug-likeness (QED) is 0.636. The van der Waals surface area contributed by atoms with E-state index in [1.165, 1.54) is 6.33 Å². The lowest BCUT2D eigenvalue weighted by Gasteiger charge is -2.30. The Hall–Kier alpha value is -2.05. The number of hydrogen-bond acceptors (Lipinski definition) is 5. The van der Waals surface area contributed by atoms with Crippen LogP contribution < -0.4 is 16.6 Å². The first-order valence-electron chi connectivity index (χ1n) is 5.41. The number of likely N-dealkylation sites (tertiary alicyclic amines) is 1. The molecule has 0 aliphatic carbocycles. The summed E-state index contributed by atoms with van der Waals surface area (Å²) in [7, 11) is 1.75. The Morgan fingerprint density at radius 1 is 1.59 bits per heavy atom. The molecule has 1 unspecified atom stereocenters. The van der Waals surface area contributed by atoms with Gasteiger partial charge < -0.3 is 20.9 Å². The second-order valence-corrected chi connectivity index (χ2v) is 4.15. The van der Waals surface area contributed by atoms with Crippen molar-refractivity contribution in [3.8, 4) is 0 Å². The molecule has 0 spiro atoms. The fourth-order valence-electron chi connectivity index (χ4n) is 1.85. The van der Waals surface area contributed by atoms with E-state index in [0.717, 1.165) is 6.42 Å². The molecule has 0 bridgehead atoms. The fraction of sp³-hybridized carbons (Fsp3) is 0.500. The van der Waals surface area contributed by atoms with Crippen molar-refractivity contribution in [2.75, 3.05) is 24.6 Å². The van der Waals surface area contributed by atoms with Gasteiger partial charge in [0.2, 0.25) is 5.91 Å². The molecule has 7 heteroatoms. The summed E-state index contributed by atoms with van der Waals surface area (Å²) in [5.41, 5.74) is 5.33. The smallest absolute Gasteiger partial charge is 0.276 e. The number of piperidine rings is 1. The lowest BCUT2D eigenvalue weighted by Crippen LogP contribution is -2.43. The Kier molecular flexibility index (Phi) is 2.99. The van der Waals surface area contributed by atoms with E-state index in [9.17, 15) is 9.59 Å². The third kappa shape index (κ3) is 2.38. The maximum Gasteiger partial charge on any atom is 0.276 e. The molecule has 1 fully saturated rings. The van der Waals surface area contributed by atoms with Gasteiger partial charge in [-0.3, -0.25) is 9.59 Å². The zero-order chi connectivity index (χ0) is 12.4. The van der Waals surface area contributed by atoms with Crippen LogP contribution in [0.3, 0.4) is 0 Å². The van der Waals surface area contributed by atoms with Gasteiger partial charge in [-0.15, -0.1) is 0 Å². The number of likely N-dealkylation sites (N-methyl/N-ethyl adjacent to an activating group) is 1. The molecule has 1 amide bonds. The van der Waals surface area contributed by atoms with Gasteiger partial charge in [0.15, 0.2) is 5.82 Å². The zero-order valence-corrected chi connectivity index (χ0v) is 9.56. The number of H-pyrrole nitrogens is 1. The van der Waals surface area contributed by atoms with Gasteiger partial charge in [0, 0.05) is 26.1 Å². The predicted molar refractivity (Wildman–Crippen MR) is 63.6 cm³/mol. The van der Waals surface area contributed by atoms with Crippen LogP contribution >= 0.6 is 0 Å². The molecule has 0 saturated carbocycles. The molecule has 1 aromatic rings. The number of nitrogens with zero attached hydrogens (tertiary/aromatic N) is 2. The predicted octanol–water partition coefficient (Wildman–Crippen LogP) is -0.615. The molecule has 1 aromatic heterocycles. The van der Waals surface area contributed by atoms with E-state index < -0.39 is 0 Å². The van der Waals surface area contributed by atoms with Crippen LogP contribution in [0.25, 0.3) is 0 Å². The maximum absolute atomic E-state index is 11.3. The van der Waals surface area contributed by atoms with Crippen LogP contribution in [0.1, 0.15) is 12.8 Å². The van der Waals surface area contributed by atoms with Crippen molar-refractivity contribution in [3.63, 3.8) is 0 Å². The van der Waals surface area contributed by atoms with Crippen molar-refractivity contribution in [1.29, 1.82) is 0 Å². The molecule has 4 N–H and O–H groups in total. The molecule has 1 aliphatic rings. The molecule has 17 heavy (non-hydrogen) atoms. The Morgan fingerprint density at radius 3 is 3.06 bits per heavy atom. The van der Waals surface area contributed by atoms with Crippen molar-refractivity contribution in [2.45, 2.75) is 18.9 Å². The van der Waals surface area contributed by atoms with Crippen LogP contribution in [0.15, 0.2) is 11.1 Å².